The Morgan fingerprint density at radius 3 is 2.79 bits per heavy atom. The molecule has 104 valence electrons. The molecule has 3 rings (SSSR count). The molecular formula is C9H9ClN2O6S. The van der Waals surface area contributed by atoms with E-state index in [4.69, 9.17) is 24.7 Å². The Hall–Kier alpha value is -1.00. The van der Waals surface area contributed by atoms with Crippen LogP contribution in [0.5, 0.6) is 0 Å². The van der Waals surface area contributed by atoms with Crippen molar-refractivity contribution in [3.8, 4) is 0 Å². The molecule has 0 radical (unpaired) electrons. The second-order valence-corrected chi connectivity index (χ2v) is 5.16. The van der Waals surface area contributed by atoms with Crippen LogP contribution in [-0.4, -0.2) is 38.0 Å². The number of aromatic nitrogens is 2. The highest BCUT2D eigenvalue weighted by molar-refractivity contribution is 7.75. The van der Waals surface area contributed by atoms with Gasteiger partial charge in [0.15, 0.2) is 12.3 Å². The lowest BCUT2D eigenvalue weighted by atomic mass is 10.1. The zero-order chi connectivity index (χ0) is 13.6. The fraction of sp³-hybridized carbons (Fsp3) is 0.556. The van der Waals surface area contributed by atoms with Gasteiger partial charge in [0.2, 0.25) is 0 Å². The van der Waals surface area contributed by atoms with Gasteiger partial charge in [-0.25, -0.2) is 4.79 Å². The molecule has 1 aromatic heterocycles. The molecule has 0 saturated carbocycles. The lowest BCUT2D eigenvalue weighted by Gasteiger charge is -2.17. The number of alkyl halides is 1. The molecule has 1 N–H and O–H groups in total. The smallest absolute Gasteiger partial charge is 0.330 e. The molecule has 0 amide bonds. The molecule has 1 unspecified atom stereocenters. The van der Waals surface area contributed by atoms with Crippen LogP contribution in [0.4, 0.5) is 0 Å². The Morgan fingerprint density at radius 2 is 2.11 bits per heavy atom. The molecular weight excluding hydrogens is 300 g/mol. The molecule has 3 heterocycles. The maximum absolute atomic E-state index is 11.7. The number of fused-ring (bicyclic) bond motifs is 1. The van der Waals surface area contributed by atoms with Gasteiger partial charge >= 0.3 is 17.1 Å². The summed E-state index contributed by atoms with van der Waals surface area (Å²) in [7, 11) is 0. The fourth-order valence-electron chi connectivity index (χ4n) is 2.11. The van der Waals surface area contributed by atoms with E-state index in [2.05, 4.69) is 4.98 Å². The van der Waals surface area contributed by atoms with Crippen molar-refractivity contribution in [3.05, 3.63) is 33.1 Å². The summed E-state index contributed by atoms with van der Waals surface area (Å²) in [4.78, 5) is 24.8. The SMILES string of the molecule is O=c1ccn([C@@H]2O[C@H](CCl)[C@H]3OS(=O)O[C@H]32)c(=O)[nH]1. The summed E-state index contributed by atoms with van der Waals surface area (Å²) >= 11 is 3.85. The van der Waals surface area contributed by atoms with Crippen molar-refractivity contribution in [2.75, 3.05) is 5.88 Å². The van der Waals surface area contributed by atoms with Gasteiger partial charge in [-0.1, -0.05) is 0 Å². The minimum absolute atomic E-state index is 0.107. The van der Waals surface area contributed by atoms with E-state index >= 15 is 0 Å². The largest absolute Gasteiger partial charge is 0.348 e. The molecule has 0 aliphatic carbocycles. The highest BCUT2D eigenvalue weighted by atomic mass is 35.5. The summed E-state index contributed by atoms with van der Waals surface area (Å²) in [5.74, 6) is 0.107. The van der Waals surface area contributed by atoms with Gasteiger partial charge in [0.25, 0.3) is 5.56 Å². The first-order valence-electron chi connectivity index (χ1n) is 5.39. The number of nitrogens with zero attached hydrogens (tertiary/aromatic N) is 1. The second kappa shape index (κ2) is 4.84. The zero-order valence-electron chi connectivity index (χ0n) is 9.35. The number of nitrogens with one attached hydrogen (secondary N) is 1. The van der Waals surface area contributed by atoms with E-state index in [1.807, 2.05) is 0 Å². The summed E-state index contributed by atoms with van der Waals surface area (Å²) in [6.45, 7) is 0. The minimum atomic E-state index is -1.89. The third-order valence-electron chi connectivity index (χ3n) is 2.94. The van der Waals surface area contributed by atoms with E-state index in [1.165, 1.54) is 12.3 Å². The predicted octanol–water partition coefficient (Wildman–Crippen LogP) is -0.964. The Kier molecular flexibility index (Phi) is 3.31. The van der Waals surface area contributed by atoms with Crippen molar-refractivity contribution in [2.45, 2.75) is 24.5 Å². The Bertz CT molecular complexity index is 630. The molecule has 0 aromatic carbocycles. The quantitative estimate of drug-likeness (QED) is 0.706. The molecule has 1 aromatic rings. The van der Waals surface area contributed by atoms with E-state index in [0.717, 1.165) is 4.57 Å². The van der Waals surface area contributed by atoms with Gasteiger partial charge < -0.3 is 4.74 Å². The van der Waals surface area contributed by atoms with E-state index < -0.39 is 47.2 Å². The van der Waals surface area contributed by atoms with Crippen molar-refractivity contribution in [2.24, 2.45) is 0 Å². The Balaban J connectivity index is 1.99. The van der Waals surface area contributed by atoms with Crippen molar-refractivity contribution in [1.29, 1.82) is 0 Å². The zero-order valence-corrected chi connectivity index (χ0v) is 10.9. The molecule has 2 aliphatic heterocycles. The van der Waals surface area contributed by atoms with Gasteiger partial charge in [-0.2, -0.15) is 4.21 Å². The topological polar surface area (TPSA) is 99.6 Å². The van der Waals surface area contributed by atoms with Crippen LogP contribution in [0.2, 0.25) is 0 Å². The first-order valence-corrected chi connectivity index (χ1v) is 6.92. The number of hydrogen-bond donors (Lipinski definition) is 1. The maximum Gasteiger partial charge on any atom is 0.330 e. The first-order chi connectivity index (χ1) is 9.10. The molecule has 2 fully saturated rings. The highest BCUT2D eigenvalue weighted by Gasteiger charge is 2.53. The van der Waals surface area contributed by atoms with Crippen LogP contribution >= 0.6 is 11.6 Å². The molecule has 0 spiro atoms. The van der Waals surface area contributed by atoms with Crippen LogP contribution < -0.4 is 11.2 Å². The summed E-state index contributed by atoms with van der Waals surface area (Å²) in [5, 5.41) is 0. The third-order valence-corrected chi connectivity index (χ3v) is 4.01. The van der Waals surface area contributed by atoms with Gasteiger partial charge in [0.1, 0.15) is 12.2 Å². The van der Waals surface area contributed by atoms with Crippen LogP contribution in [0.15, 0.2) is 21.9 Å². The molecule has 8 nitrogen and oxygen atoms in total. The van der Waals surface area contributed by atoms with E-state index in [0.29, 0.717) is 0 Å². The number of aromatic amines is 1. The van der Waals surface area contributed by atoms with Crippen molar-refractivity contribution in [3.63, 3.8) is 0 Å². The van der Waals surface area contributed by atoms with E-state index in [-0.39, 0.29) is 5.88 Å². The summed E-state index contributed by atoms with van der Waals surface area (Å²) < 4.78 is 28.1. The summed E-state index contributed by atoms with van der Waals surface area (Å²) in [6, 6.07) is 1.18. The second-order valence-electron chi connectivity index (χ2n) is 4.06. The van der Waals surface area contributed by atoms with E-state index in [9.17, 15) is 13.8 Å². The third kappa shape index (κ3) is 2.17. The number of rotatable bonds is 2. The molecule has 0 bridgehead atoms. The van der Waals surface area contributed by atoms with Crippen LogP contribution in [-0.2, 0) is 24.5 Å². The molecule has 19 heavy (non-hydrogen) atoms. The number of H-pyrrole nitrogens is 1. The average molecular weight is 309 g/mol. The first kappa shape index (κ1) is 13.0. The Morgan fingerprint density at radius 1 is 1.37 bits per heavy atom. The summed E-state index contributed by atoms with van der Waals surface area (Å²) in [6.07, 6.45) is -1.42. The van der Waals surface area contributed by atoms with Crippen molar-refractivity contribution < 1.29 is 17.3 Å². The molecule has 5 atom stereocenters. The highest BCUT2D eigenvalue weighted by Crippen LogP contribution is 2.38. The molecule has 10 heteroatoms. The molecule has 2 aliphatic rings. The van der Waals surface area contributed by atoms with Gasteiger partial charge in [0, 0.05) is 12.3 Å². The Labute approximate surface area is 114 Å². The monoisotopic (exact) mass is 308 g/mol. The minimum Gasteiger partial charge on any atom is -0.348 e. The normalized spacial score (nSPS) is 37.4. The van der Waals surface area contributed by atoms with Crippen molar-refractivity contribution >= 4 is 23.0 Å². The van der Waals surface area contributed by atoms with Crippen LogP contribution in [0.1, 0.15) is 6.23 Å². The van der Waals surface area contributed by atoms with Gasteiger partial charge in [0.05, 0.1) is 5.88 Å². The van der Waals surface area contributed by atoms with Crippen molar-refractivity contribution in [1.82, 2.24) is 9.55 Å². The average Bonchev–Trinajstić information content (AvgIpc) is 2.87. The van der Waals surface area contributed by atoms with Gasteiger partial charge in [-0.3, -0.25) is 22.7 Å². The van der Waals surface area contributed by atoms with Gasteiger partial charge in [-0.15, -0.1) is 11.6 Å². The van der Waals surface area contributed by atoms with E-state index in [1.54, 1.807) is 0 Å². The standard InChI is InChI=1S/C9H9ClN2O6S/c10-3-4-6-7(18-19(15)17-6)8(16-4)12-2-1-5(13)11-9(12)14/h1-2,4,6-8H,3H2,(H,11,13,14)/t4-,6-,7-,8-,19?/m1/s1. The lowest BCUT2D eigenvalue weighted by molar-refractivity contribution is -0.0294. The fourth-order valence-corrected chi connectivity index (χ4v) is 3.20. The number of hydrogen-bond acceptors (Lipinski definition) is 6. The van der Waals surface area contributed by atoms with Crippen LogP contribution in [0, 0.1) is 0 Å². The number of ether oxygens (including phenoxy) is 1. The van der Waals surface area contributed by atoms with Gasteiger partial charge in [-0.05, 0) is 0 Å². The van der Waals surface area contributed by atoms with Crippen LogP contribution in [0.3, 0.4) is 0 Å². The summed E-state index contributed by atoms with van der Waals surface area (Å²) in [5.41, 5.74) is -1.16. The van der Waals surface area contributed by atoms with Crippen LogP contribution in [0.25, 0.3) is 0 Å². The molecule has 2 saturated heterocycles. The number of halogens is 1. The predicted molar refractivity (Wildman–Crippen MR) is 63.8 cm³/mol. The lowest BCUT2D eigenvalue weighted by Crippen LogP contribution is -2.36. The maximum atomic E-state index is 11.7.